The summed E-state index contributed by atoms with van der Waals surface area (Å²) >= 11 is 0. The Bertz CT molecular complexity index is 624. The lowest BCUT2D eigenvalue weighted by Crippen LogP contribution is -2.01. The van der Waals surface area contributed by atoms with Crippen LogP contribution in [-0.4, -0.2) is 23.1 Å². The van der Waals surface area contributed by atoms with Gasteiger partial charge >= 0.3 is 0 Å². The lowest BCUT2D eigenvalue weighted by Gasteiger charge is -2.00. The summed E-state index contributed by atoms with van der Waals surface area (Å²) in [7, 11) is 0. The summed E-state index contributed by atoms with van der Waals surface area (Å²) in [6.45, 7) is 10.6. The maximum Gasteiger partial charge on any atom is 0.163 e. The molecule has 0 atom stereocenters. The van der Waals surface area contributed by atoms with Crippen LogP contribution in [0.25, 0.3) is 0 Å². The normalized spacial score (nSPS) is 13.0. The fourth-order valence-electron chi connectivity index (χ4n) is 2.79. The standard InChI is InChI=1S/C15H24O2.C8H14.C7H8O2/c1-3-5-7-9-11-14(16)13-15(17)12-10-8-6-4-2;1-2-4-6-8-7-5-3-1;1-3-6(8)5-7(9)4-2/h9-12H,3-8,13H2,1-2H3;1-2H,3-8H2;3-4H,1-2,5H2/b11-9+,12-10+;;. The number of ketones is 4. The highest BCUT2D eigenvalue weighted by Crippen LogP contribution is 2.09. The predicted octanol–water partition coefficient (Wildman–Crippen LogP) is 7.79. The number of carbonyl (C=O) groups is 4. The molecule has 34 heavy (non-hydrogen) atoms. The molecule has 0 heterocycles. The van der Waals surface area contributed by atoms with E-state index in [0.29, 0.717) is 0 Å². The van der Waals surface area contributed by atoms with Crippen LogP contribution < -0.4 is 0 Å². The zero-order chi connectivity index (χ0) is 25.9. The molecule has 0 saturated heterocycles. The number of hydrogen-bond donors (Lipinski definition) is 0. The van der Waals surface area contributed by atoms with Gasteiger partial charge < -0.3 is 0 Å². The molecule has 0 amide bonds. The van der Waals surface area contributed by atoms with Crippen LogP contribution in [0.1, 0.15) is 104 Å². The van der Waals surface area contributed by atoms with Gasteiger partial charge in [0.25, 0.3) is 0 Å². The van der Waals surface area contributed by atoms with Crippen molar-refractivity contribution in [1.82, 2.24) is 0 Å². The van der Waals surface area contributed by atoms with Gasteiger partial charge in [-0.15, -0.1) is 0 Å². The van der Waals surface area contributed by atoms with Crippen LogP contribution in [0.5, 0.6) is 0 Å². The molecule has 1 aliphatic carbocycles. The van der Waals surface area contributed by atoms with Crippen molar-refractivity contribution in [3.63, 3.8) is 0 Å². The molecule has 190 valence electrons. The van der Waals surface area contributed by atoms with Crippen molar-refractivity contribution in [3.8, 4) is 0 Å². The second kappa shape index (κ2) is 26.6. The molecule has 0 radical (unpaired) electrons. The third kappa shape index (κ3) is 27.4. The van der Waals surface area contributed by atoms with Crippen molar-refractivity contribution in [1.29, 1.82) is 0 Å². The molecule has 1 rings (SSSR count). The molecular weight excluding hydrogens is 424 g/mol. The van der Waals surface area contributed by atoms with Gasteiger partial charge in [0.05, 0.1) is 12.8 Å². The summed E-state index contributed by atoms with van der Waals surface area (Å²) < 4.78 is 0. The van der Waals surface area contributed by atoms with E-state index >= 15 is 0 Å². The van der Waals surface area contributed by atoms with Crippen LogP contribution in [0.3, 0.4) is 0 Å². The third-order valence-corrected chi connectivity index (χ3v) is 4.87. The van der Waals surface area contributed by atoms with Crippen molar-refractivity contribution < 1.29 is 19.2 Å². The summed E-state index contributed by atoms with van der Waals surface area (Å²) in [5.74, 6) is -0.711. The van der Waals surface area contributed by atoms with Crippen molar-refractivity contribution in [2.75, 3.05) is 0 Å². The summed E-state index contributed by atoms with van der Waals surface area (Å²) in [6.07, 6.45) is 28.2. The zero-order valence-electron chi connectivity index (χ0n) is 21.6. The Hall–Kier alpha value is -2.62. The second-order valence-electron chi connectivity index (χ2n) is 8.18. The fourth-order valence-corrected chi connectivity index (χ4v) is 2.79. The van der Waals surface area contributed by atoms with E-state index in [9.17, 15) is 19.2 Å². The SMILES string of the molecule is C1=CCCCCCC1.C=CC(=O)CC(=O)C=C.CCCC/C=C/C(=O)CC(=O)/C=C/CCCC. The quantitative estimate of drug-likeness (QED) is 0.112. The van der Waals surface area contributed by atoms with E-state index in [4.69, 9.17) is 0 Å². The molecule has 4 nitrogen and oxygen atoms in total. The largest absolute Gasteiger partial charge is 0.294 e. The van der Waals surface area contributed by atoms with Crippen molar-refractivity contribution in [3.05, 3.63) is 61.8 Å². The van der Waals surface area contributed by atoms with E-state index in [0.717, 1.165) is 50.7 Å². The molecule has 0 aromatic rings. The van der Waals surface area contributed by atoms with Crippen LogP contribution in [-0.2, 0) is 19.2 Å². The number of unbranched alkanes of at least 4 members (excludes halogenated alkanes) is 4. The summed E-state index contributed by atoms with van der Waals surface area (Å²) in [6, 6.07) is 0. The van der Waals surface area contributed by atoms with Crippen LogP contribution in [0.4, 0.5) is 0 Å². The topological polar surface area (TPSA) is 68.3 Å². The third-order valence-electron chi connectivity index (χ3n) is 4.87. The Kier molecular flexibility index (Phi) is 26.3. The van der Waals surface area contributed by atoms with Gasteiger partial charge in [0.1, 0.15) is 0 Å². The van der Waals surface area contributed by atoms with Gasteiger partial charge in [-0.3, -0.25) is 19.2 Å². The average molecular weight is 471 g/mol. The molecule has 0 aromatic carbocycles. The van der Waals surface area contributed by atoms with Gasteiger partial charge in [0.2, 0.25) is 0 Å². The van der Waals surface area contributed by atoms with E-state index in [-0.39, 0.29) is 36.0 Å². The Morgan fingerprint density at radius 1 is 0.647 bits per heavy atom. The highest BCUT2D eigenvalue weighted by molar-refractivity contribution is 6.08. The Labute approximate surface area is 208 Å². The Morgan fingerprint density at radius 2 is 1.03 bits per heavy atom. The van der Waals surface area contributed by atoms with Crippen molar-refractivity contribution in [2.45, 2.75) is 104 Å². The van der Waals surface area contributed by atoms with Crippen LogP contribution in [0.2, 0.25) is 0 Å². The molecule has 0 spiro atoms. The van der Waals surface area contributed by atoms with Crippen molar-refractivity contribution in [2.24, 2.45) is 0 Å². The van der Waals surface area contributed by atoms with E-state index in [1.54, 1.807) is 0 Å². The second-order valence-corrected chi connectivity index (χ2v) is 8.18. The number of hydrogen-bond acceptors (Lipinski definition) is 4. The van der Waals surface area contributed by atoms with E-state index < -0.39 is 0 Å². The van der Waals surface area contributed by atoms with E-state index in [1.807, 2.05) is 12.2 Å². The van der Waals surface area contributed by atoms with Gasteiger partial charge in [0.15, 0.2) is 23.1 Å². The number of carbonyl (C=O) groups excluding carboxylic acids is 4. The summed E-state index contributed by atoms with van der Waals surface area (Å²) in [4.78, 5) is 43.5. The molecule has 0 unspecified atom stereocenters. The first-order valence-corrected chi connectivity index (χ1v) is 12.7. The highest BCUT2D eigenvalue weighted by Gasteiger charge is 2.02. The molecule has 0 N–H and O–H groups in total. The minimum Gasteiger partial charge on any atom is -0.294 e. The van der Waals surface area contributed by atoms with Gasteiger partial charge in [-0.2, -0.15) is 0 Å². The molecule has 1 aliphatic rings. The highest BCUT2D eigenvalue weighted by atomic mass is 16.2. The first kappa shape index (κ1) is 33.6. The average Bonchev–Trinajstić information content (AvgIpc) is 2.80. The van der Waals surface area contributed by atoms with Crippen LogP contribution in [0.15, 0.2) is 61.8 Å². The monoisotopic (exact) mass is 470 g/mol. The molecule has 0 aromatic heterocycles. The minimum atomic E-state index is -0.264. The van der Waals surface area contributed by atoms with E-state index in [1.165, 1.54) is 50.7 Å². The Morgan fingerprint density at radius 3 is 1.38 bits per heavy atom. The van der Waals surface area contributed by atoms with Crippen LogP contribution >= 0.6 is 0 Å². The lowest BCUT2D eigenvalue weighted by molar-refractivity contribution is -0.123. The Balaban J connectivity index is 0. The van der Waals surface area contributed by atoms with Gasteiger partial charge in [-0.05, 0) is 62.8 Å². The lowest BCUT2D eigenvalue weighted by atomic mass is 10.1. The fraction of sp³-hybridized carbons (Fsp3) is 0.533. The predicted molar refractivity (Wildman–Crippen MR) is 144 cm³/mol. The molecule has 4 heteroatoms. The van der Waals surface area contributed by atoms with Gasteiger partial charge in [-0.25, -0.2) is 0 Å². The maximum atomic E-state index is 11.4. The number of rotatable bonds is 14. The van der Waals surface area contributed by atoms with Crippen LogP contribution in [0, 0.1) is 0 Å². The first-order valence-electron chi connectivity index (χ1n) is 12.7. The minimum absolute atomic E-state index is 0.00521. The number of allylic oxidation sites excluding steroid dienone is 8. The summed E-state index contributed by atoms with van der Waals surface area (Å²) in [5.41, 5.74) is 0. The molecule has 0 bridgehead atoms. The first-order chi connectivity index (χ1) is 16.4. The molecule has 0 fully saturated rings. The maximum absolute atomic E-state index is 11.4. The van der Waals surface area contributed by atoms with E-state index in [2.05, 4.69) is 39.2 Å². The van der Waals surface area contributed by atoms with Gasteiger partial charge in [0, 0.05) is 0 Å². The zero-order valence-corrected chi connectivity index (χ0v) is 21.6. The smallest absolute Gasteiger partial charge is 0.163 e. The van der Waals surface area contributed by atoms with Gasteiger partial charge in [-0.1, -0.05) is 89.8 Å². The van der Waals surface area contributed by atoms with Crippen molar-refractivity contribution >= 4 is 23.1 Å². The summed E-state index contributed by atoms with van der Waals surface area (Å²) in [5, 5.41) is 0. The molecular formula is C30H46O4. The molecule has 0 saturated carbocycles. The molecule has 0 aliphatic heterocycles.